The van der Waals surface area contributed by atoms with E-state index in [2.05, 4.69) is 17.0 Å². The molecule has 2 aliphatic rings. The smallest absolute Gasteiger partial charge is 0.243 e. The maximum Gasteiger partial charge on any atom is 0.243 e. The van der Waals surface area contributed by atoms with Crippen LogP contribution < -0.4 is 18.9 Å². The van der Waals surface area contributed by atoms with Gasteiger partial charge in [0.2, 0.25) is 15.9 Å². The van der Waals surface area contributed by atoms with E-state index in [0.29, 0.717) is 62.4 Å². The van der Waals surface area contributed by atoms with Crippen LogP contribution in [-0.2, 0) is 27.7 Å². The van der Waals surface area contributed by atoms with Gasteiger partial charge in [0.15, 0.2) is 23.0 Å². The van der Waals surface area contributed by atoms with Crippen molar-refractivity contribution in [3.8, 4) is 23.0 Å². The van der Waals surface area contributed by atoms with E-state index in [-0.39, 0.29) is 54.6 Å². The Morgan fingerprint density at radius 1 is 0.796 bits per heavy atom. The third-order valence-electron chi connectivity index (χ3n) is 8.77. The van der Waals surface area contributed by atoms with Crippen molar-refractivity contribution in [2.45, 2.75) is 51.5 Å². The summed E-state index contributed by atoms with van der Waals surface area (Å²) in [6, 6.07) is 13.3. The molecule has 3 aromatic carbocycles. The number of carbonyl (C=O) groups is 1. The molecule has 10 nitrogen and oxygen atoms in total. The van der Waals surface area contributed by atoms with E-state index >= 15 is 0 Å². The van der Waals surface area contributed by atoms with Gasteiger partial charge in [-0.15, -0.1) is 0 Å². The van der Waals surface area contributed by atoms with Crippen LogP contribution in [0.3, 0.4) is 0 Å². The Balaban J connectivity index is 1.37. The molecule has 0 N–H and O–H groups in total. The second-order valence-corrected chi connectivity index (χ2v) is 14.2. The Labute approximate surface area is 293 Å². The van der Waals surface area contributed by atoms with E-state index in [9.17, 15) is 17.6 Å². The van der Waals surface area contributed by atoms with E-state index < -0.39 is 15.8 Å². The van der Waals surface area contributed by atoms with Gasteiger partial charge in [0, 0.05) is 38.8 Å². The highest BCUT2D eigenvalue weighted by Crippen LogP contribution is 2.41. The van der Waals surface area contributed by atoms with Crippen LogP contribution in [0.5, 0.6) is 23.0 Å². The van der Waals surface area contributed by atoms with Crippen molar-refractivity contribution in [1.82, 2.24) is 14.1 Å². The molecule has 49 heavy (non-hydrogen) atoms. The van der Waals surface area contributed by atoms with Gasteiger partial charge in [0.1, 0.15) is 5.82 Å². The predicted molar refractivity (Wildman–Crippen MR) is 186 cm³/mol. The lowest BCUT2D eigenvalue weighted by atomic mass is 9.88. The van der Waals surface area contributed by atoms with Crippen molar-refractivity contribution in [2.75, 3.05) is 65.7 Å². The largest absolute Gasteiger partial charge is 0.490 e. The molecule has 0 saturated carbocycles. The van der Waals surface area contributed by atoms with Crippen molar-refractivity contribution >= 4 is 27.5 Å². The average Bonchev–Trinajstić information content (AvgIpc) is 3.09. The molecule has 0 spiro atoms. The van der Waals surface area contributed by atoms with Crippen LogP contribution in [0.4, 0.5) is 4.39 Å². The number of amides is 1. The maximum atomic E-state index is 13.8. The van der Waals surface area contributed by atoms with Crippen molar-refractivity contribution in [1.29, 1.82) is 0 Å². The number of hydrogen-bond acceptors (Lipinski definition) is 8. The van der Waals surface area contributed by atoms with Crippen LogP contribution in [0.15, 0.2) is 53.4 Å². The molecule has 1 saturated heterocycles. The summed E-state index contributed by atoms with van der Waals surface area (Å²) < 4.78 is 65.1. The number of nitrogens with zero attached hydrogens (tertiary/aromatic N) is 3. The SMILES string of the molecule is CCOc1ccc(CC2c3cc(OCC)c(OCC)cc3CCN2CC(=O)N2CCN(S(=O)(=O)c3ccc(F)c(Cl)c3)CC2)cc1OCC. The number of carbonyl (C=O) groups excluding carboxylic acids is 1. The zero-order chi connectivity index (χ0) is 35.1. The molecular formula is C36H45ClFN3O7S. The summed E-state index contributed by atoms with van der Waals surface area (Å²) in [6.45, 7) is 11.3. The normalized spacial score (nSPS) is 17.0. The second kappa shape index (κ2) is 16.4. The first-order valence-corrected chi connectivity index (χ1v) is 18.7. The first kappa shape index (κ1) is 36.7. The number of benzene rings is 3. The summed E-state index contributed by atoms with van der Waals surface area (Å²) in [5.41, 5.74) is 3.26. The maximum absolute atomic E-state index is 13.8. The minimum Gasteiger partial charge on any atom is -0.490 e. The number of piperazine rings is 1. The third-order valence-corrected chi connectivity index (χ3v) is 11.0. The summed E-state index contributed by atoms with van der Waals surface area (Å²) in [6.07, 6.45) is 1.34. The van der Waals surface area contributed by atoms with Crippen LogP contribution in [0, 0.1) is 5.82 Å². The molecule has 0 radical (unpaired) electrons. The lowest BCUT2D eigenvalue weighted by Crippen LogP contribution is -2.53. The van der Waals surface area contributed by atoms with Crippen molar-refractivity contribution in [3.63, 3.8) is 0 Å². The zero-order valence-electron chi connectivity index (χ0n) is 28.5. The Morgan fingerprint density at radius 3 is 2.04 bits per heavy atom. The summed E-state index contributed by atoms with van der Waals surface area (Å²) in [5, 5.41) is -0.255. The Morgan fingerprint density at radius 2 is 1.41 bits per heavy atom. The quantitative estimate of drug-likeness (QED) is 0.208. The minimum absolute atomic E-state index is 0.0748. The summed E-state index contributed by atoms with van der Waals surface area (Å²) in [7, 11) is -3.89. The monoisotopic (exact) mass is 717 g/mol. The fraction of sp³-hybridized carbons (Fsp3) is 0.472. The minimum atomic E-state index is -3.89. The average molecular weight is 718 g/mol. The molecule has 0 aliphatic carbocycles. The molecule has 2 heterocycles. The lowest BCUT2D eigenvalue weighted by Gasteiger charge is -2.40. The first-order valence-electron chi connectivity index (χ1n) is 16.9. The highest BCUT2D eigenvalue weighted by Gasteiger charge is 2.34. The molecule has 0 aromatic heterocycles. The summed E-state index contributed by atoms with van der Waals surface area (Å²) in [4.78, 5) is 17.7. The van der Waals surface area contributed by atoms with Gasteiger partial charge >= 0.3 is 0 Å². The van der Waals surface area contributed by atoms with E-state index in [1.807, 2.05) is 45.9 Å². The zero-order valence-corrected chi connectivity index (χ0v) is 30.1. The molecule has 1 amide bonds. The van der Waals surface area contributed by atoms with Crippen LogP contribution in [-0.4, -0.2) is 94.1 Å². The van der Waals surface area contributed by atoms with Crippen molar-refractivity contribution in [2.24, 2.45) is 0 Å². The van der Waals surface area contributed by atoms with Crippen LogP contribution in [0.25, 0.3) is 0 Å². The van der Waals surface area contributed by atoms with E-state index in [1.165, 1.54) is 10.4 Å². The molecule has 266 valence electrons. The molecule has 2 aliphatic heterocycles. The van der Waals surface area contributed by atoms with Crippen molar-refractivity contribution < 1.29 is 36.6 Å². The van der Waals surface area contributed by atoms with Gasteiger partial charge in [0.05, 0.1) is 42.9 Å². The fourth-order valence-electron chi connectivity index (χ4n) is 6.41. The molecule has 13 heteroatoms. The first-order chi connectivity index (χ1) is 23.6. The van der Waals surface area contributed by atoms with Crippen LogP contribution >= 0.6 is 11.6 Å². The standard InChI is InChI=1S/C36H45ClFN3O7S/c1-5-45-32-12-9-25(20-33(32)46-6-2)19-31-28-23-35(48-8-4)34(47-7-3)21-26(28)13-14-40(31)24-36(42)39-15-17-41(18-16-39)49(43,44)27-10-11-30(38)29(37)22-27/h9-12,20-23,31H,5-8,13-19,24H2,1-4H3. The number of halogens is 2. The summed E-state index contributed by atoms with van der Waals surface area (Å²) in [5.74, 6) is 1.99. The fourth-order valence-corrected chi connectivity index (χ4v) is 8.10. The predicted octanol–water partition coefficient (Wildman–Crippen LogP) is 5.75. The van der Waals surface area contributed by atoms with E-state index in [1.54, 1.807) is 4.90 Å². The molecule has 1 unspecified atom stereocenters. The Hall–Kier alpha value is -3.58. The number of hydrogen-bond donors (Lipinski definition) is 0. The number of ether oxygens (including phenoxy) is 4. The molecule has 5 rings (SSSR count). The van der Waals surface area contributed by atoms with Gasteiger partial charge in [-0.3, -0.25) is 9.69 Å². The number of sulfonamides is 1. The lowest BCUT2D eigenvalue weighted by molar-refractivity contribution is -0.134. The van der Waals surface area contributed by atoms with E-state index in [4.69, 9.17) is 30.5 Å². The van der Waals surface area contributed by atoms with Gasteiger partial charge < -0.3 is 23.8 Å². The van der Waals surface area contributed by atoms with Gasteiger partial charge in [-0.25, -0.2) is 12.8 Å². The molecule has 1 fully saturated rings. The Bertz CT molecular complexity index is 1730. The van der Waals surface area contributed by atoms with Crippen LogP contribution in [0.1, 0.15) is 50.4 Å². The summed E-state index contributed by atoms with van der Waals surface area (Å²) >= 11 is 5.86. The third kappa shape index (κ3) is 8.42. The topological polar surface area (TPSA) is 97.9 Å². The molecule has 0 bridgehead atoms. The molecular weight excluding hydrogens is 673 g/mol. The second-order valence-electron chi connectivity index (χ2n) is 11.8. The number of rotatable bonds is 14. The molecule has 1 atom stereocenters. The Kier molecular flexibility index (Phi) is 12.3. The highest BCUT2D eigenvalue weighted by atomic mass is 35.5. The van der Waals surface area contributed by atoms with Gasteiger partial charge in [0.25, 0.3) is 0 Å². The van der Waals surface area contributed by atoms with Gasteiger partial charge in [-0.1, -0.05) is 17.7 Å². The van der Waals surface area contributed by atoms with Crippen LogP contribution in [0.2, 0.25) is 5.02 Å². The van der Waals surface area contributed by atoms with Crippen molar-refractivity contribution in [3.05, 3.63) is 76.1 Å². The van der Waals surface area contributed by atoms with E-state index in [0.717, 1.165) is 35.2 Å². The number of fused-ring (bicyclic) bond motifs is 1. The van der Waals surface area contributed by atoms with Gasteiger partial charge in [-0.05, 0) is 99.7 Å². The highest BCUT2D eigenvalue weighted by molar-refractivity contribution is 7.89. The van der Waals surface area contributed by atoms with Gasteiger partial charge in [-0.2, -0.15) is 4.31 Å². The molecule has 3 aromatic rings.